The summed E-state index contributed by atoms with van der Waals surface area (Å²) in [7, 11) is 3.19. The highest BCUT2D eigenvalue weighted by Crippen LogP contribution is 2.30. The molecule has 2 rings (SSSR count). The monoisotopic (exact) mass is 237 g/mol. The van der Waals surface area contributed by atoms with Crippen LogP contribution in [-0.4, -0.2) is 31.9 Å². The van der Waals surface area contributed by atoms with E-state index in [2.05, 4.69) is 5.32 Å². The van der Waals surface area contributed by atoms with Crippen molar-refractivity contribution in [1.82, 2.24) is 5.32 Å². The van der Waals surface area contributed by atoms with Gasteiger partial charge >= 0.3 is 0 Å². The summed E-state index contributed by atoms with van der Waals surface area (Å²) in [6, 6.07) is 6.09. The normalized spacial score (nSPS) is 16.6. The smallest absolute Gasteiger partial charge is 0.161 e. The number of aliphatic hydroxyl groups is 1. The maximum atomic E-state index is 10.0. The first kappa shape index (κ1) is 12.2. The minimum Gasteiger partial charge on any atom is -0.493 e. The molecule has 2 N–H and O–H groups in total. The van der Waals surface area contributed by atoms with Crippen LogP contribution in [0.5, 0.6) is 11.5 Å². The van der Waals surface area contributed by atoms with Crippen LogP contribution in [0.2, 0.25) is 0 Å². The first-order chi connectivity index (χ1) is 8.24. The van der Waals surface area contributed by atoms with Gasteiger partial charge in [0.05, 0.1) is 20.3 Å². The molecule has 1 atom stereocenters. The zero-order valence-electron chi connectivity index (χ0n) is 10.3. The minimum absolute atomic E-state index is 0.504. The van der Waals surface area contributed by atoms with Crippen LogP contribution in [0.1, 0.15) is 24.5 Å². The topological polar surface area (TPSA) is 50.7 Å². The molecule has 17 heavy (non-hydrogen) atoms. The second-order valence-corrected chi connectivity index (χ2v) is 4.31. The molecule has 4 nitrogen and oxygen atoms in total. The van der Waals surface area contributed by atoms with Crippen LogP contribution >= 0.6 is 0 Å². The lowest BCUT2D eigenvalue weighted by Crippen LogP contribution is -2.23. The Morgan fingerprint density at radius 2 is 2.00 bits per heavy atom. The molecule has 1 saturated carbocycles. The van der Waals surface area contributed by atoms with Crippen molar-refractivity contribution in [3.63, 3.8) is 0 Å². The van der Waals surface area contributed by atoms with Crippen LogP contribution in [-0.2, 0) is 0 Å². The molecule has 1 aromatic rings. The molecule has 0 aliphatic heterocycles. The van der Waals surface area contributed by atoms with E-state index in [0.717, 1.165) is 5.56 Å². The fourth-order valence-electron chi connectivity index (χ4n) is 1.74. The van der Waals surface area contributed by atoms with E-state index in [0.29, 0.717) is 24.1 Å². The van der Waals surface area contributed by atoms with Gasteiger partial charge in [-0.05, 0) is 30.5 Å². The fourth-order valence-corrected chi connectivity index (χ4v) is 1.74. The molecule has 0 amide bonds. The second-order valence-electron chi connectivity index (χ2n) is 4.31. The Kier molecular flexibility index (Phi) is 3.86. The average molecular weight is 237 g/mol. The van der Waals surface area contributed by atoms with Crippen LogP contribution in [0.15, 0.2) is 18.2 Å². The largest absolute Gasteiger partial charge is 0.493 e. The summed E-state index contributed by atoms with van der Waals surface area (Å²) < 4.78 is 10.4. The van der Waals surface area contributed by atoms with Crippen molar-refractivity contribution in [2.45, 2.75) is 25.0 Å². The van der Waals surface area contributed by atoms with Crippen LogP contribution in [0.25, 0.3) is 0 Å². The molecule has 0 radical (unpaired) electrons. The van der Waals surface area contributed by atoms with Gasteiger partial charge in [0.1, 0.15) is 0 Å². The molecule has 1 fully saturated rings. The van der Waals surface area contributed by atoms with E-state index < -0.39 is 6.10 Å². The highest BCUT2D eigenvalue weighted by Gasteiger charge is 2.22. The van der Waals surface area contributed by atoms with E-state index in [1.807, 2.05) is 18.2 Å². The standard InChI is InChI=1S/C13H19NO3/c1-16-12-6-3-9(7-13(12)17-2)11(15)8-14-10-4-5-10/h3,6-7,10-11,14-15H,4-5,8H2,1-2H3. The summed E-state index contributed by atoms with van der Waals surface area (Å²) in [5.74, 6) is 1.33. The second kappa shape index (κ2) is 5.38. The van der Waals surface area contributed by atoms with Crippen molar-refractivity contribution in [3.8, 4) is 11.5 Å². The van der Waals surface area contributed by atoms with E-state index in [9.17, 15) is 5.11 Å². The van der Waals surface area contributed by atoms with E-state index in [1.54, 1.807) is 14.2 Å². The zero-order valence-corrected chi connectivity index (χ0v) is 10.3. The molecular weight excluding hydrogens is 218 g/mol. The predicted molar refractivity (Wildman–Crippen MR) is 65.5 cm³/mol. The van der Waals surface area contributed by atoms with E-state index >= 15 is 0 Å². The van der Waals surface area contributed by atoms with Crippen LogP contribution in [0.3, 0.4) is 0 Å². The number of methoxy groups -OCH3 is 2. The molecule has 1 aliphatic carbocycles. The molecule has 0 bridgehead atoms. The number of benzene rings is 1. The van der Waals surface area contributed by atoms with Crippen molar-refractivity contribution in [3.05, 3.63) is 23.8 Å². The number of nitrogens with one attached hydrogen (secondary N) is 1. The first-order valence-electron chi connectivity index (χ1n) is 5.88. The summed E-state index contributed by atoms with van der Waals surface area (Å²) in [6.45, 7) is 0.583. The number of hydrogen-bond donors (Lipinski definition) is 2. The maximum Gasteiger partial charge on any atom is 0.161 e. The van der Waals surface area contributed by atoms with Gasteiger partial charge in [0.25, 0.3) is 0 Å². The van der Waals surface area contributed by atoms with Gasteiger partial charge in [0, 0.05) is 12.6 Å². The fraction of sp³-hybridized carbons (Fsp3) is 0.538. The molecular formula is C13H19NO3. The zero-order chi connectivity index (χ0) is 12.3. The Morgan fingerprint density at radius 1 is 1.29 bits per heavy atom. The molecule has 0 spiro atoms. The van der Waals surface area contributed by atoms with Gasteiger partial charge in [-0.15, -0.1) is 0 Å². The Bertz CT molecular complexity index is 377. The number of hydrogen-bond acceptors (Lipinski definition) is 4. The van der Waals surface area contributed by atoms with Gasteiger partial charge in [-0.1, -0.05) is 6.07 Å². The van der Waals surface area contributed by atoms with Gasteiger partial charge in [-0.2, -0.15) is 0 Å². The Labute approximate surface area is 102 Å². The maximum absolute atomic E-state index is 10.0. The van der Waals surface area contributed by atoms with Crippen molar-refractivity contribution in [2.24, 2.45) is 0 Å². The number of rotatable bonds is 6. The SMILES string of the molecule is COc1ccc(C(O)CNC2CC2)cc1OC. The van der Waals surface area contributed by atoms with E-state index in [1.165, 1.54) is 12.8 Å². The van der Waals surface area contributed by atoms with E-state index in [-0.39, 0.29) is 0 Å². The molecule has 1 unspecified atom stereocenters. The highest BCUT2D eigenvalue weighted by molar-refractivity contribution is 5.43. The summed E-state index contributed by atoms with van der Waals surface area (Å²) in [4.78, 5) is 0. The molecule has 94 valence electrons. The molecule has 0 heterocycles. The van der Waals surface area contributed by atoms with Gasteiger partial charge in [-0.3, -0.25) is 0 Å². The lowest BCUT2D eigenvalue weighted by molar-refractivity contribution is 0.173. The minimum atomic E-state index is -0.504. The summed E-state index contributed by atoms with van der Waals surface area (Å²) in [6.07, 6.45) is 1.94. The highest BCUT2D eigenvalue weighted by atomic mass is 16.5. The van der Waals surface area contributed by atoms with Crippen molar-refractivity contribution >= 4 is 0 Å². The van der Waals surface area contributed by atoms with Crippen molar-refractivity contribution in [1.29, 1.82) is 0 Å². The van der Waals surface area contributed by atoms with Crippen LogP contribution in [0, 0.1) is 0 Å². The Morgan fingerprint density at radius 3 is 2.59 bits per heavy atom. The van der Waals surface area contributed by atoms with Gasteiger partial charge in [0.2, 0.25) is 0 Å². The average Bonchev–Trinajstić information content (AvgIpc) is 3.19. The first-order valence-corrected chi connectivity index (χ1v) is 5.88. The third-order valence-electron chi connectivity index (χ3n) is 2.97. The summed E-state index contributed by atoms with van der Waals surface area (Å²) in [5, 5.41) is 13.3. The van der Waals surface area contributed by atoms with Crippen LogP contribution in [0.4, 0.5) is 0 Å². The van der Waals surface area contributed by atoms with Crippen molar-refractivity contribution < 1.29 is 14.6 Å². The molecule has 0 aromatic heterocycles. The molecule has 1 aromatic carbocycles. The summed E-state index contributed by atoms with van der Waals surface area (Å²) in [5.41, 5.74) is 0.843. The quantitative estimate of drug-likeness (QED) is 0.787. The van der Waals surface area contributed by atoms with Gasteiger partial charge in [-0.25, -0.2) is 0 Å². The Balaban J connectivity index is 2.02. The third kappa shape index (κ3) is 3.11. The van der Waals surface area contributed by atoms with E-state index in [4.69, 9.17) is 9.47 Å². The third-order valence-corrected chi connectivity index (χ3v) is 2.97. The number of aliphatic hydroxyl groups excluding tert-OH is 1. The Hall–Kier alpha value is -1.26. The molecule has 4 heteroatoms. The molecule has 0 saturated heterocycles. The van der Waals surface area contributed by atoms with Gasteiger partial charge in [0.15, 0.2) is 11.5 Å². The van der Waals surface area contributed by atoms with Gasteiger partial charge < -0.3 is 19.9 Å². The molecule has 1 aliphatic rings. The van der Waals surface area contributed by atoms with Crippen LogP contribution < -0.4 is 14.8 Å². The lowest BCUT2D eigenvalue weighted by atomic mass is 10.1. The lowest BCUT2D eigenvalue weighted by Gasteiger charge is -2.14. The predicted octanol–water partition coefficient (Wildman–Crippen LogP) is 1.49. The number of ether oxygens (including phenoxy) is 2. The van der Waals surface area contributed by atoms with Crippen molar-refractivity contribution in [2.75, 3.05) is 20.8 Å². The summed E-state index contributed by atoms with van der Waals surface area (Å²) >= 11 is 0.